The van der Waals surface area contributed by atoms with E-state index in [1.807, 2.05) is 17.2 Å². The van der Waals surface area contributed by atoms with Crippen molar-refractivity contribution in [3.63, 3.8) is 0 Å². The summed E-state index contributed by atoms with van der Waals surface area (Å²) in [4.78, 5) is 28.7. The van der Waals surface area contributed by atoms with Crippen molar-refractivity contribution in [2.24, 2.45) is 5.92 Å². The van der Waals surface area contributed by atoms with Crippen LogP contribution in [0.5, 0.6) is 0 Å². The molecular weight excluding hydrogens is 330 g/mol. The Balaban J connectivity index is 1.49. The van der Waals surface area contributed by atoms with E-state index in [9.17, 15) is 4.79 Å². The molecule has 2 aromatic rings. The van der Waals surface area contributed by atoms with Gasteiger partial charge in [0.25, 0.3) is 0 Å². The van der Waals surface area contributed by atoms with Gasteiger partial charge in [-0.3, -0.25) is 4.79 Å². The zero-order valence-corrected chi connectivity index (χ0v) is 15.6. The molecule has 1 spiro atoms. The second-order valence-electron chi connectivity index (χ2n) is 7.87. The van der Waals surface area contributed by atoms with E-state index in [1.165, 1.54) is 0 Å². The number of hydrogen-bond acceptors (Lipinski definition) is 5. The average molecular weight is 357 g/mol. The lowest BCUT2D eigenvalue weighted by molar-refractivity contribution is -0.132. The highest BCUT2D eigenvalue weighted by molar-refractivity contribution is 5.87. The van der Waals surface area contributed by atoms with Gasteiger partial charge in [-0.1, -0.05) is 13.8 Å². The second-order valence-corrected chi connectivity index (χ2v) is 7.87. The van der Waals surface area contributed by atoms with Crippen LogP contribution in [0.15, 0.2) is 18.6 Å². The molecule has 4 rings (SSSR count). The molecule has 1 amide bonds. The van der Waals surface area contributed by atoms with E-state index in [-0.39, 0.29) is 11.5 Å². The maximum atomic E-state index is 12.4. The van der Waals surface area contributed by atoms with Gasteiger partial charge in [0.15, 0.2) is 0 Å². The fourth-order valence-corrected chi connectivity index (χ4v) is 4.14. The number of fused-ring (bicyclic) bond motifs is 1. The lowest BCUT2D eigenvalue weighted by Gasteiger charge is -2.43. The number of nitrogens with zero attached hydrogens (tertiary/aromatic N) is 4. The van der Waals surface area contributed by atoms with Crippen molar-refractivity contribution in [1.82, 2.24) is 19.9 Å². The number of anilines is 1. The van der Waals surface area contributed by atoms with Crippen LogP contribution in [-0.2, 0) is 9.53 Å². The highest BCUT2D eigenvalue weighted by atomic mass is 16.5. The molecule has 2 saturated heterocycles. The minimum absolute atomic E-state index is 0.220. The number of piperidine rings is 1. The molecule has 1 N–H and O–H groups in total. The van der Waals surface area contributed by atoms with Gasteiger partial charge in [-0.15, -0.1) is 0 Å². The normalized spacial score (nSPS) is 21.0. The van der Waals surface area contributed by atoms with Crippen molar-refractivity contribution >= 4 is 22.8 Å². The molecule has 2 fully saturated rings. The highest BCUT2D eigenvalue weighted by Crippen LogP contribution is 2.33. The Labute approximate surface area is 153 Å². The second kappa shape index (κ2) is 6.87. The van der Waals surface area contributed by atoms with Crippen molar-refractivity contribution in [1.29, 1.82) is 0 Å². The van der Waals surface area contributed by atoms with Crippen molar-refractivity contribution in [2.75, 3.05) is 37.7 Å². The van der Waals surface area contributed by atoms with Gasteiger partial charge in [0, 0.05) is 32.4 Å². The van der Waals surface area contributed by atoms with Crippen LogP contribution < -0.4 is 4.90 Å². The summed E-state index contributed by atoms with van der Waals surface area (Å²) in [5.74, 6) is 1.68. The molecule has 0 saturated carbocycles. The summed E-state index contributed by atoms with van der Waals surface area (Å²) in [6.45, 7) is 8.12. The minimum atomic E-state index is -0.220. The molecule has 140 valence electrons. The van der Waals surface area contributed by atoms with Crippen LogP contribution >= 0.6 is 0 Å². The zero-order chi connectivity index (χ0) is 18.1. The highest BCUT2D eigenvalue weighted by Gasteiger charge is 2.40. The van der Waals surface area contributed by atoms with Crippen LogP contribution in [0.2, 0.25) is 0 Å². The molecule has 0 bridgehead atoms. The molecule has 0 aliphatic carbocycles. The summed E-state index contributed by atoms with van der Waals surface area (Å²) in [5, 5.41) is 1.06. The number of carbonyl (C=O) groups excluding carboxylic acids is 1. The molecule has 0 unspecified atom stereocenters. The Morgan fingerprint density at radius 2 is 2.12 bits per heavy atom. The van der Waals surface area contributed by atoms with E-state index < -0.39 is 0 Å². The standard InChI is InChI=1S/C19H27N5O2/c1-14(2)11-24-12-19(26-10-4-16(24)25)5-8-23(9-6-19)18-15-3-7-20-17(15)21-13-22-18/h3,7,13-14H,4-6,8-12H2,1-2H3,(H,20,21,22). The lowest BCUT2D eigenvalue weighted by atomic mass is 9.90. The summed E-state index contributed by atoms with van der Waals surface area (Å²) in [5.41, 5.74) is 0.650. The van der Waals surface area contributed by atoms with Crippen LogP contribution in [0.3, 0.4) is 0 Å². The van der Waals surface area contributed by atoms with Crippen molar-refractivity contribution in [3.8, 4) is 0 Å². The van der Waals surface area contributed by atoms with Gasteiger partial charge < -0.3 is 19.5 Å². The van der Waals surface area contributed by atoms with Crippen LogP contribution in [0.4, 0.5) is 5.82 Å². The third-order valence-corrected chi connectivity index (χ3v) is 5.45. The molecule has 0 radical (unpaired) electrons. The number of H-pyrrole nitrogens is 1. The summed E-state index contributed by atoms with van der Waals surface area (Å²) in [6, 6.07) is 2.03. The fraction of sp³-hybridized carbons (Fsp3) is 0.632. The van der Waals surface area contributed by atoms with Crippen LogP contribution in [0, 0.1) is 5.92 Å². The predicted octanol–water partition coefficient (Wildman–Crippen LogP) is 2.20. The molecule has 2 aliphatic rings. The van der Waals surface area contributed by atoms with Gasteiger partial charge in [-0.2, -0.15) is 0 Å². The monoisotopic (exact) mass is 357 g/mol. The molecule has 4 heterocycles. The minimum Gasteiger partial charge on any atom is -0.372 e. The summed E-state index contributed by atoms with van der Waals surface area (Å²) in [7, 11) is 0. The first-order valence-electron chi connectivity index (χ1n) is 9.51. The molecule has 0 atom stereocenters. The number of aromatic nitrogens is 3. The third kappa shape index (κ3) is 3.28. The van der Waals surface area contributed by atoms with Crippen molar-refractivity contribution in [3.05, 3.63) is 18.6 Å². The fourth-order valence-electron chi connectivity index (χ4n) is 4.14. The number of amides is 1. The van der Waals surface area contributed by atoms with Gasteiger partial charge in [0.2, 0.25) is 5.91 Å². The maximum Gasteiger partial charge on any atom is 0.224 e. The molecular formula is C19H27N5O2. The molecule has 7 nitrogen and oxygen atoms in total. The summed E-state index contributed by atoms with van der Waals surface area (Å²) < 4.78 is 6.24. The molecule has 2 aliphatic heterocycles. The SMILES string of the molecule is CC(C)CN1CC2(CCN(c3ncnc4[nH]ccc34)CC2)OCCC1=O. The third-order valence-electron chi connectivity index (χ3n) is 5.45. The Morgan fingerprint density at radius 3 is 2.88 bits per heavy atom. The van der Waals surface area contributed by atoms with Crippen LogP contribution in [0.1, 0.15) is 33.1 Å². The Kier molecular flexibility index (Phi) is 4.56. The van der Waals surface area contributed by atoms with E-state index in [1.54, 1.807) is 6.33 Å². The molecule has 7 heteroatoms. The first-order chi connectivity index (χ1) is 12.6. The van der Waals surface area contributed by atoms with Crippen LogP contribution in [-0.4, -0.2) is 64.1 Å². The van der Waals surface area contributed by atoms with Gasteiger partial charge >= 0.3 is 0 Å². The molecule has 26 heavy (non-hydrogen) atoms. The smallest absolute Gasteiger partial charge is 0.224 e. The number of aromatic amines is 1. The van der Waals surface area contributed by atoms with E-state index in [2.05, 4.69) is 33.7 Å². The first-order valence-corrected chi connectivity index (χ1v) is 9.51. The number of nitrogens with one attached hydrogen (secondary N) is 1. The van der Waals surface area contributed by atoms with Gasteiger partial charge in [-0.25, -0.2) is 9.97 Å². The number of rotatable bonds is 3. The predicted molar refractivity (Wildman–Crippen MR) is 100 cm³/mol. The number of ether oxygens (including phenoxy) is 1. The van der Waals surface area contributed by atoms with Crippen LogP contribution in [0.25, 0.3) is 11.0 Å². The quantitative estimate of drug-likeness (QED) is 0.912. The average Bonchev–Trinajstić information content (AvgIpc) is 3.05. The van der Waals surface area contributed by atoms with Gasteiger partial charge in [0.05, 0.1) is 24.0 Å². The zero-order valence-electron chi connectivity index (χ0n) is 15.6. The summed E-state index contributed by atoms with van der Waals surface area (Å²) >= 11 is 0. The largest absolute Gasteiger partial charge is 0.372 e. The summed E-state index contributed by atoms with van der Waals surface area (Å²) in [6.07, 6.45) is 5.82. The first kappa shape index (κ1) is 17.3. The molecule has 2 aromatic heterocycles. The number of carbonyl (C=O) groups is 1. The van der Waals surface area contributed by atoms with E-state index in [0.29, 0.717) is 25.5 Å². The van der Waals surface area contributed by atoms with Crippen molar-refractivity contribution < 1.29 is 9.53 Å². The van der Waals surface area contributed by atoms with Crippen molar-refractivity contribution in [2.45, 2.75) is 38.7 Å². The Hall–Kier alpha value is -2.15. The lowest BCUT2D eigenvalue weighted by Crippen LogP contribution is -2.52. The Morgan fingerprint density at radius 1 is 1.31 bits per heavy atom. The van der Waals surface area contributed by atoms with Gasteiger partial charge in [0.1, 0.15) is 17.8 Å². The topological polar surface area (TPSA) is 74.3 Å². The van der Waals surface area contributed by atoms with E-state index in [4.69, 9.17) is 4.74 Å². The number of hydrogen-bond donors (Lipinski definition) is 1. The Bertz CT molecular complexity index is 779. The molecule has 0 aromatic carbocycles. The van der Waals surface area contributed by atoms with E-state index in [0.717, 1.165) is 49.3 Å². The van der Waals surface area contributed by atoms with Gasteiger partial charge in [-0.05, 0) is 24.8 Å². The maximum absolute atomic E-state index is 12.4. The van der Waals surface area contributed by atoms with E-state index >= 15 is 0 Å².